The quantitative estimate of drug-likeness (QED) is 0.782. The average molecular weight is 227 g/mol. The van der Waals surface area contributed by atoms with Crippen molar-refractivity contribution in [1.29, 1.82) is 0 Å². The summed E-state index contributed by atoms with van der Waals surface area (Å²) in [5, 5.41) is 9.57. The number of hydrogen-bond acceptors (Lipinski definition) is 2. The van der Waals surface area contributed by atoms with Gasteiger partial charge in [-0.2, -0.15) is 0 Å². The summed E-state index contributed by atoms with van der Waals surface area (Å²) in [6.07, 6.45) is 5.67. The third-order valence-electron chi connectivity index (χ3n) is 3.46. The Morgan fingerprint density at radius 3 is 2.81 bits per heavy atom. The molecule has 1 heterocycles. The van der Waals surface area contributed by atoms with Crippen molar-refractivity contribution in [2.75, 3.05) is 13.1 Å². The molecule has 1 aliphatic heterocycles. The fourth-order valence-corrected chi connectivity index (χ4v) is 2.37. The Labute approximate surface area is 98.8 Å². The Kier molecular flexibility index (Phi) is 5.81. The number of aliphatic hydroxyl groups is 1. The van der Waals surface area contributed by atoms with Gasteiger partial charge in [0.25, 0.3) is 0 Å². The standard InChI is InChI=1S/C13H25NO2/c1-3-5-7-11(4-2)13(16)14-9-6-8-12(15)10-14/h11-12,15H,3-10H2,1-2H3/t11?,12-/m0/s1. The Balaban J connectivity index is 2.46. The van der Waals surface area contributed by atoms with Crippen LogP contribution in [0, 0.1) is 5.92 Å². The first-order chi connectivity index (χ1) is 7.69. The average Bonchev–Trinajstić information content (AvgIpc) is 2.29. The van der Waals surface area contributed by atoms with Gasteiger partial charge in [0.1, 0.15) is 0 Å². The Morgan fingerprint density at radius 2 is 2.25 bits per heavy atom. The van der Waals surface area contributed by atoms with Gasteiger partial charge in [-0.25, -0.2) is 0 Å². The predicted molar refractivity (Wildman–Crippen MR) is 65.1 cm³/mol. The van der Waals surface area contributed by atoms with Crippen LogP contribution in [0.5, 0.6) is 0 Å². The van der Waals surface area contributed by atoms with Gasteiger partial charge in [0.2, 0.25) is 5.91 Å². The first kappa shape index (κ1) is 13.5. The molecule has 1 N–H and O–H groups in total. The summed E-state index contributed by atoms with van der Waals surface area (Å²) < 4.78 is 0. The Hall–Kier alpha value is -0.570. The van der Waals surface area contributed by atoms with Crippen molar-refractivity contribution >= 4 is 5.91 Å². The lowest BCUT2D eigenvalue weighted by Crippen LogP contribution is -2.44. The monoisotopic (exact) mass is 227 g/mol. The summed E-state index contributed by atoms with van der Waals surface area (Å²) in [6, 6.07) is 0. The van der Waals surface area contributed by atoms with Crippen molar-refractivity contribution in [3.63, 3.8) is 0 Å². The van der Waals surface area contributed by atoms with Gasteiger partial charge in [0, 0.05) is 19.0 Å². The summed E-state index contributed by atoms with van der Waals surface area (Å²) >= 11 is 0. The van der Waals surface area contributed by atoms with Crippen molar-refractivity contribution in [3.05, 3.63) is 0 Å². The van der Waals surface area contributed by atoms with Gasteiger partial charge in [0.05, 0.1) is 6.10 Å². The molecule has 0 spiro atoms. The van der Waals surface area contributed by atoms with E-state index < -0.39 is 0 Å². The number of hydrogen-bond donors (Lipinski definition) is 1. The SMILES string of the molecule is CCCCC(CC)C(=O)N1CCC[C@H](O)C1. The van der Waals surface area contributed by atoms with Crippen LogP contribution >= 0.6 is 0 Å². The maximum atomic E-state index is 12.2. The number of rotatable bonds is 5. The normalized spacial score (nSPS) is 23.2. The molecule has 1 rings (SSSR count). The maximum absolute atomic E-state index is 12.2. The number of amides is 1. The van der Waals surface area contributed by atoms with Crippen molar-refractivity contribution in [1.82, 2.24) is 4.90 Å². The van der Waals surface area contributed by atoms with Gasteiger partial charge >= 0.3 is 0 Å². The van der Waals surface area contributed by atoms with Gasteiger partial charge in [-0.3, -0.25) is 4.79 Å². The van der Waals surface area contributed by atoms with Crippen LogP contribution in [0.25, 0.3) is 0 Å². The summed E-state index contributed by atoms with van der Waals surface area (Å²) in [7, 11) is 0. The smallest absolute Gasteiger partial charge is 0.225 e. The highest BCUT2D eigenvalue weighted by molar-refractivity contribution is 5.78. The number of aliphatic hydroxyl groups excluding tert-OH is 1. The van der Waals surface area contributed by atoms with Crippen LogP contribution < -0.4 is 0 Å². The predicted octanol–water partition coefficient (Wildman–Crippen LogP) is 2.19. The van der Waals surface area contributed by atoms with E-state index >= 15 is 0 Å². The van der Waals surface area contributed by atoms with E-state index in [4.69, 9.17) is 0 Å². The molecule has 94 valence electrons. The van der Waals surface area contributed by atoms with E-state index in [2.05, 4.69) is 13.8 Å². The van der Waals surface area contributed by atoms with Crippen LogP contribution in [0.3, 0.4) is 0 Å². The minimum Gasteiger partial charge on any atom is -0.391 e. The molecule has 3 nitrogen and oxygen atoms in total. The van der Waals surface area contributed by atoms with E-state index in [1.54, 1.807) is 0 Å². The molecule has 0 aliphatic carbocycles. The third-order valence-corrected chi connectivity index (χ3v) is 3.46. The molecular weight excluding hydrogens is 202 g/mol. The first-order valence-corrected chi connectivity index (χ1v) is 6.65. The molecule has 1 aliphatic rings. The van der Waals surface area contributed by atoms with Gasteiger partial charge in [-0.05, 0) is 25.7 Å². The molecule has 0 aromatic carbocycles. The summed E-state index contributed by atoms with van der Waals surface area (Å²) in [5.74, 6) is 0.431. The number of carbonyl (C=O) groups is 1. The highest BCUT2D eigenvalue weighted by Crippen LogP contribution is 2.19. The Morgan fingerprint density at radius 1 is 1.50 bits per heavy atom. The largest absolute Gasteiger partial charge is 0.391 e. The van der Waals surface area contributed by atoms with Crippen molar-refractivity contribution in [2.24, 2.45) is 5.92 Å². The summed E-state index contributed by atoms with van der Waals surface area (Å²) in [5.41, 5.74) is 0. The lowest BCUT2D eigenvalue weighted by Gasteiger charge is -2.32. The van der Waals surface area contributed by atoms with Crippen LogP contribution in [0.4, 0.5) is 0 Å². The highest BCUT2D eigenvalue weighted by atomic mass is 16.3. The molecule has 0 radical (unpaired) electrons. The molecule has 1 fully saturated rings. The molecule has 16 heavy (non-hydrogen) atoms. The van der Waals surface area contributed by atoms with Crippen LogP contribution in [0.15, 0.2) is 0 Å². The zero-order valence-electron chi connectivity index (χ0n) is 10.6. The molecule has 0 bridgehead atoms. The minimum atomic E-state index is -0.304. The van der Waals surface area contributed by atoms with Crippen LogP contribution in [-0.2, 0) is 4.79 Å². The van der Waals surface area contributed by atoms with Crippen LogP contribution in [0.1, 0.15) is 52.4 Å². The van der Waals surface area contributed by atoms with E-state index in [1.807, 2.05) is 4.90 Å². The van der Waals surface area contributed by atoms with Crippen molar-refractivity contribution < 1.29 is 9.90 Å². The molecule has 1 saturated heterocycles. The molecule has 0 aromatic heterocycles. The fourth-order valence-electron chi connectivity index (χ4n) is 2.37. The van der Waals surface area contributed by atoms with Gasteiger partial charge < -0.3 is 10.0 Å². The topological polar surface area (TPSA) is 40.5 Å². The molecule has 2 atom stereocenters. The number of piperidine rings is 1. The van der Waals surface area contributed by atoms with Crippen molar-refractivity contribution in [2.45, 2.75) is 58.5 Å². The Bertz CT molecular complexity index is 218. The highest BCUT2D eigenvalue weighted by Gasteiger charge is 2.26. The number of likely N-dealkylation sites (tertiary alicyclic amines) is 1. The van der Waals surface area contributed by atoms with E-state index in [0.29, 0.717) is 6.54 Å². The third kappa shape index (κ3) is 3.78. The second-order valence-corrected chi connectivity index (χ2v) is 4.83. The molecule has 1 amide bonds. The van der Waals surface area contributed by atoms with Crippen molar-refractivity contribution in [3.8, 4) is 0 Å². The van der Waals surface area contributed by atoms with E-state index in [9.17, 15) is 9.90 Å². The molecule has 0 aromatic rings. The number of unbranched alkanes of at least 4 members (excludes halogenated alkanes) is 1. The lowest BCUT2D eigenvalue weighted by molar-refractivity contribution is -0.139. The molecule has 0 saturated carbocycles. The number of carbonyl (C=O) groups excluding carboxylic acids is 1. The van der Waals surface area contributed by atoms with E-state index in [0.717, 1.165) is 45.1 Å². The van der Waals surface area contributed by atoms with Crippen LogP contribution in [0.2, 0.25) is 0 Å². The zero-order valence-corrected chi connectivity index (χ0v) is 10.6. The summed E-state index contributed by atoms with van der Waals surface area (Å²) in [6.45, 7) is 5.61. The first-order valence-electron chi connectivity index (χ1n) is 6.65. The zero-order chi connectivity index (χ0) is 12.0. The lowest BCUT2D eigenvalue weighted by atomic mass is 9.96. The number of β-amino-alcohol motifs (C(OH)–C–C–N with tert-alkyl or cyclic N) is 1. The minimum absolute atomic E-state index is 0.172. The number of nitrogens with zero attached hydrogens (tertiary/aromatic N) is 1. The van der Waals surface area contributed by atoms with E-state index in [-0.39, 0.29) is 17.9 Å². The second-order valence-electron chi connectivity index (χ2n) is 4.83. The maximum Gasteiger partial charge on any atom is 0.225 e. The fraction of sp³-hybridized carbons (Fsp3) is 0.923. The second kappa shape index (κ2) is 6.89. The van der Waals surface area contributed by atoms with Gasteiger partial charge in [-0.15, -0.1) is 0 Å². The van der Waals surface area contributed by atoms with E-state index in [1.165, 1.54) is 0 Å². The van der Waals surface area contributed by atoms with Crippen LogP contribution in [-0.4, -0.2) is 35.1 Å². The van der Waals surface area contributed by atoms with Gasteiger partial charge in [-0.1, -0.05) is 26.7 Å². The molecule has 3 heteroatoms. The molecular formula is C13H25NO2. The van der Waals surface area contributed by atoms with Gasteiger partial charge in [0.15, 0.2) is 0 Å². The molecule has 1 unspecified atom stereocenters. The summed E-state index contributed by atoms with van der Waals surface area (Å²) in [4.78, 5) is 14.1.